The molecule has 0 spiro atoms. The molecule has 0 heterocycles. The van der Waals surface area contributed by atoms with E-state index >= 15 is 0 Å². The Morgan fingerprint density at radius 3 is 2.37 bits per heavy atom. The van der Waals surface area contributed by atoms with Crippen LogP contribution in [0.4, 0.5) is 0 Å². The fourth-order valence-corrected chi connectivity index (χ4v) is 3.51. The maximum atomic E-state index is 11.8. The van der Waals surface area contributed by atoms with Crippen LogP contribution in [0.2, 0.25) is 25.7 Å². The van der Waals surface area contributed by atoms with Gasteiger partial charge in [0.1, 0.15) is 0 Å². The van der Waals surface area contributed by atoms with Gasteiger partial charge in [-0.15, -0.1) is 0 Å². The van der Waals surface area contributed by atoms with E-state index in [1.807, 2.05) is 18.2 Å². The standard InChI is InChI=1S/C24H36O2Si/c1-27(2,3)21-15-13-19-24(25)18-12-7-5-4-6-8-14-20-26-22-23-16-10-9-11-17-23/h4-6,8-11,13,16-17,19H,7,12,14-15,18,20-22H2,1-3H3/b5-4+,8-6+,19-13+. The first-order valence-electron chi connectivity index (χ1n) is 10.1. The highest BCUT2D eigenvalue weighted by atomic mass is 28.3. The van der Waals surface area contributed by atoms with Crippen LogP contribution >= 0.6 is 0 Å². The Morgan fingerprint density at radius 2 is 1.67 bits per heavy atom. The maximum absolute atomic E-state index is 11.8. The number of allylic oxidation sites excluding steroid dienone is 5. The molecular weight excluding hydrogens is 348 g/mol. The molecule has 0 unspecified atom stereocenters. The van der Waals surface area contributed by atoms with E-state index in [-0.39, 0.29) is 5.78 Å². The third-order valence-corrected chi connectivity index (χ3v) is 5.87. The highest BCUT2D eigenvalue weighted by molar-refractivity contribution is 6.76. The summed E-state index contributed by atoms with van der Waals surface area (Å²) in [6.07, 6.45) is 16.7. The molecule has 0 saturated carbocycles. The van der Waals surface area contributed by atoms with Crippen LogP contribution in [0.1, 0.15) is 37.7 Å². The summed E-state index contributed by atoms with van der Waals surface area (Å²) in [5, 5.41) is 0. The van der Waals surface area contributed by atoms with Gasteiger partial charge in [-0.25, -0.2) is 0 Å². The lowest BCUT2D eigenvalue weighted by Crippen LogP contribution is -2.18. The normalized spacial score (nSPS) is 12.6. The minimum atomic E-state index is -0.986. The Bertz CT molecular complexity index is 595. The largest absolute Gasteiger partial charge is 0.376 e. The van der Waals surface area contributed by atoms with E-state index in [0.717, 1.165) is 32.3 Å². The third kappa shape index (κ3) is 15.1. The van der Waals surface area contributed by atoms with Crippen LogP contribution in [0, 0.1) is 0 Å². The number of hydrogen-bond acceptors (Lipinski definition) is 2. The van der Waals surface area contributed by atoms with Crippen LogP contribution in [-0.2, 0) is 16.1 Å². The quantitative estimate of drug-likeness (QED) is 0.154. The lowest BCUT2D eigenvalue weighted by molar-refractivity contribution is -0.114. The Labute approximate surface area is 167 Å². The number of rotatable bonds is 14. The number of carbonyl (C=O) groups is 1. The predicted octanol–water partition coefficient (Wildman–Crippen LogP) is 6.73. The monoisotopic (exact) mass is 384 g/mol. The van der Waals surface area contributed by atoms with Crippen LogP contribution < -0.4 is 0 Å². The SMILES string of the molecule is C[Si](C)(C)CC/C=C/C(=O)CCC/C=C/C=C/CCOCc1ccccc1. The zero-order valence-corrected chi connectivity index (χ0v) is 18.3. The molecule has 0 atom stereocenters. The van der Waals surface area contributed by atoms with Gasteiger partial charge in [0.2, 0.25) is 0 Å². The second-order valence-electron chi connectivity index (χ2n) is 8.04. The summed E-state index contributed by atoms with van der Waals surface area (Å²) in [5.74, 6) is 0.255. The van der Waals surface area contributed by atoms with Crippen molar-refractivity contribution >= 4 is 13.9 Å². The van der Waals surface area contributed by atoms with E-state index in [4.69, 9.17) is 4.74 Å². The average molecular weight is 385 g/mol. The van der Waals surface area contributed by atoms with Crippen LogP contribution in [0.15, 0.2) is 66.8 Å². The Kier molecular flexibility index (Phi) is 12.4. The van der Waals surface area contributed by atoms with Crippen molar-refractivity contribution in [2.45, 2.75) is 64.4 Å². The van der Waals surface area contributed by atoms with Gasteiger partial charge in [0.15, 0.2) is 5.78 Å². The number of unbranched alkanes of at least 4 members (excludes halogenated alkanes) is 1. The molecule has 0 aliphatic heterocycles. The number of hydrogen-bond donors (Lipinski definition) is 0. The zero-order chi connectivity index (χ0) is 19.8. The fourth-order valence-electron chi connectivity index (χ4n) is 2.47. The van der Waals surface area contributed by atoms with Gasteiger partial charge in [0.05, 0.1) is 13.2 Å². The highest BCUT2D eigenvalue weighted by Gasteiger charge is 2.10. The Morgan fingerprint density at radius 1 is 0.963 bits per heavy atom. The predicted molar refractivity (Wildman–Crippen MR) is 120 cm³/mol. The molecule has 0 amide bonds. The van der Waals surface area contributed by atoms with Crippen molar-refractivity contribution in [2.75, 3.05) is 6.61 Å². The highest BCUT2D eigenvalue weighted by Crippen LogP contribution is 2.11. The van der Waals surface area contributed by atoms with E-state index in [1.54, 1.807) is 6.08 Å². The third-order valence-electron chi connectivity index (χ3n) is 4.08. The second kappa shape index (κ2) is 14.4. The smallest absolute Gasteiger partial charge is 0.155 e. The van der Waals surface area contributed by atoms with Crippen molar-refractivity contribution in [3.8, 4) is 0 Å². The van der Waals surface area contributed by atoms with E-state index < -0.39 is 8.07 Å². The lowest BCUT2D eigenvalue weighted by atomic mass is 10.1. The van der Waals surface area contributed by atoms with Crippen molar-refractivity contribution in [1.29, 1.82) is 0 Å². The van der Waals surface area contributed by atoms with Crippen molar-refractivity contribution < 1.29 is 9.53 Å². The van der Waals surface area contributed by atoms with Gasteiger partial charge < -0.3 is 4.74 Å². The number of ketones is 1. The minimum Gasteiger partial charge on any atom is -0.376 e. The maximum Gasteiger partial charge on any atom is 0.155 e. The van der Waals surface area contributed by atoms with Gasteiger partial charge in [-0.1, -0.05) is 86.4 Å². The molecule has 0 saturated heterocycles. The molecule has 0 radical (unpaired) electrons. The summed E-state index contributed by atoms with van der Waals surface area (Å²) in [4.78, 5) is 11.8. The van der Waals surface area contributed by atoms with Crippen molar-refractivity contribution in [3.63, 3.8) is 0 Å². The summed E-state index contributed by atoms with van der Waals surface area (Å²) >= 11 is 0. The molecule has 1 aromatic rings. The van der Waals surface area contributed by atoms with Crippen molar-refractivity contribution in [1.82, 2.24) is 0 Å². The first-order valence-corrected chi connectivity index (χ1v) is 13.8. The van der Waals surface area contributed by atoms with E-state index in [0.29, 0.717) is 13.0 Å². The summed E-state index contributed by atoms with van der Waals surface area (Å²) in [6, 6.07) is 11.5. The van der Waals surface area contributed by atoms with Gasteiger partial charge >= 0.3 is 0 Å². The van der Waals surface area contributed by atoms with Crippen LogP contribution in [0.5, 0.6) is 0 Å². The Balaban J connectivity index is 1.98. The first kappa shape index (κ1) is 23.3. The van der Waals surface area contributed by atoms with Gasteiger partial charge in [0, 0.05) is 14.5 Å². The van der Waals surface area contributed by atoms with Crippen molar-refractivity contribution in [3.05, 3.63) is 72.4 Å². The van der Waals surface area contributed by atoms with E-state index in [1.165, 1.54) is 11.6 Å². The average Bonchev–Trinajstić information content (AvgIpc) is 2.63. The molecule has 0 aliphatic rings. The molecule has 3 heteroatoms. The molecule has 148 valence electrons. The van der Waals surface area contributed by atoms with Crippen LogP contribution in [0.3, 0.4) is 0 Å². The Hall–Kier alpha value is -1.71. The molecule has 0 aromatic heterocycles. The van der Waals surface area contributed by atoms with E-state index in [9.17, 15) is 4.79 Å². The fraction of sp³-hybridized carbons (Fsp3) is 0.458. The molecule has 27 heavy (non-hydrogen) atoms. The molecular formula is C24H36O2Si. The van der Waals surface area contributed by atoms with Gasteiger partial charge in [-0.05, 0) is 37.3 Å². The number of carbonyl (C=O) groups excluding carboxylic acids is 1. The van der Waals surface area contributed by atoms with Gasteiger partial charge in [-0.3, -0.25) is 4.79 Å². The summed E-state index contributed by atoms with van der Waals surface area (Å²) in [6.45, 7) is 8.49. The lowest BCUT2D eigenvalue weighted by Gasteiger charge is -2.13. The van der Waals surface area contributed by atoms with Gasteiger partial charge in [0.25, 0.3) is 0 Å². The van der Waals surface area contributed by atoms with E-state index in [2.05, 4.69) is 62.2 Å². The number of benzene rings is 1. The van der Waals surface area contributed by atoms with Gasteiger partial charge in [-0.2, -0.15) is 0 Å². The molecule has 0 fully saturated rings. The van der Waals surface area contributed by atoms with Crippen LogP contribution in [-0.4, -0.2) is 20.5 Å². The summed E-state index contributed by atoms with van der Waals surface area (Å²) in [7, 11) is -0.986. The summed E-state index contributed by atoms with van der Waals surface area (Å²) < 4.78 is 5.63. The van der Waals surface area contributed by atoms with Crippen LogP contribution in [0.25, 0.3) is 0 Å². The molecule has 2 nitrogen and oxygen atoms in total. The topological polar surface area (TPSA) is 26.3 Å². The number of ether oxygens (including phenoxy) is 1. The first-order chi connectivity index (χ1) is 13.0. The zero-order valence-electron chi connectivity index (χ0n) is 17.3. The molecule has 0 bridgehead atoms. The molecule has 0 aliphatic carbocycles. The summed E-state index contributed by atoms with van der Waals surface area (Å²) in [5.41, 5.74) is 1.21. The molecule has 0 N–H and O–H groups in total. The molecule has 1 rings (SSSR count). The minimum absolute atomic E-state index is 0.255. The van der Waals surface area contributed by atoms with Crippen molar-refractivity contribution in [2.24, 2.45) is 0 Å². The second-order valence-corrected chi connectivity index (χ2v) is 13.7. The molecule has 1 aromatic carbocycles.